The van der Waals surface area contributed by atoms with Crippen molar-refractivity contribution in [3.63, 3.8) is 0 Å². The number of pyridine rings is 1. The van der Waals surface area contributed by atoms with Gasteiger partial charge in [0.1, 0.15) is 4.88 Å². The Morgan fingerprint density at radius 1 is 1.23 bits per heavy atom. The Morgan fingerprint density at radius 2 is 2.00 bits per heavy atom. The Morgan fingerprint density at radius 3 is 2.77 bits per heavy atom. The maximum absolute atomic E-state index is 12.0. The molecular formula is C16H16N2O3S. The molecule has 1 aliphatic carbocycles. The van der Waals surface area contributed by atoms with Crippen LogP contribution in [0, 0.1) is 0 Å². The molecule has 0 spiro atoms. The fourth-order valence-electron chi connectivity index (χ4n) is 2.43. The zero-order valence-corrected chi connectivity index (χ0v) is 12.8. The van der Waals surface area contributed by atoms with Crippen LogP contribution in [0.25, 0.3) is 0 Å². The number of carbonyl (C=O) groups excluding carboxylic acids is 2. The summed E-state index contributed by atoms with van der Waals surface area (Å²) in [4.78, 5) is 29.5. The Hall–Kier alpha value is -2.21. The average Bonchev–Trinajstić information content (AvgIpc) is 2.98. The first-order chi connectivity index (χ1) is 10.7. The highest BCUT2D eigenvalue weighted by atomic mass is 32.1. The van der Waals surface area contributed by atoms with Gasteiger partial charge in [0.2, 0.25) is 0 Å². The zero-order valence-electron chi connectivity index (χ0n) is 12.0. The molecule has 0 aromatic carbocycles. The number of esters is 1. The van der Waals surface area contributed by atoms with E-state index in [1.165, 1.54) is 34.6 Å². The van der Waals surface area contributed by atoms with Gasteiger partial charge in [0.05, 0.1) is 0 Å². The second kappa shape index (κ2) is 6.70. The van der Waals surface area contributed by atoms with Gasteiger partial charge in [0.25, 0.3) is 5.91 Å². The molecule has 0 fully saturated rings. The van der Waals surface area contributed by atoms with Crippen LogP contribution in [0.4, 0.5) is 5.69 Å². The monoisotopic (exact) mass is 316 g/mol. The molecule has 0 radical (unpaired) electrons. The van der Waals surface area contributed by atoms with Crippen molar-refractivity contribution in [2.24, 2.45) is 0 Å². The molecule has 1 amide bonds. The molecule has 2 heterocycles. The van der Waals surface area contributed by atoms with E-state index in [0.29, 0.717) is 10.6 Å². The van der Waals surface area contributed by atoms with Crippen molar-refractivity contribution in [1.82, 2.24) is 4.98 Å². The molecule has 22 heavy (non-hydrogen) atoms. The SMILES string of the molecule is O=C(COC(=O)c1cc2c(s1)CCCC2)Nc1ccncc1. The molecule has 0 bridgehead atoms. The van der Waals surface area contributed by atoms with Crippen LogP contribution >= 0.6 is 11.3 Å². The van der Waals surface area contributed by atoms with Crippen molar-refractivity contribution >= 4 is 28.9 Å². The summed E-state index contributed by atoms with van der Waals surface area (Å²) >= 11 is 1.48. The number of nitrogens with zero attached hydrogens (tertiary/aromatic N) is 1. The molecule has 114 valence electrons. The molecule has 1 aliphatic rings. The lowest BCUT2D eigenvalue weighted by atomic mass is 9.99. The predicted octanol–water partition coefficient (Wildman–Crippen LogP) is 2.82. The fourth-order valence-corrected chi connectivity index (χ4v) is 3.57. The molecular weight excluding hydrogens is 300 g/mol. The predicted molar refractivity (Wildman–Crippen MR) is 84.1 cm³/mol. The molecule has 3 rings (SSSR count). The number of anilines is 1. The second-order valence-electron chi connectivity index (χ2n) is 5.13. The Labute approximate surface area is 132 Å². The minimum atomic E-state index is -0.427. The average molecular weight is 316 g/mol. The van der Waals surface area contributed by atoms with E-state index in [1.807, 2.05) is 6.07 Å². The van der Waals surface area contributed by atoms with Gasteiger partial charge < -0.3 is 10.1 Å². The van der Waals surface area contributed by atoms with E-state index in [4.69, 9.17) is 4.74 Å². The van der Waals surface area contributed by atoms with E-state index < -0.39 is 5.97 Å². The Kier molecular flexibility index (Phi) is 4.48. The first-order valence-electron chi connectivity index (χ1n) is 7.21. The number of aromatic nitrogens is 1. The summed E-state index contributed by atoms with van der Waals surface area (Å²) in [5, 5.41) is 2.64. The van der Waals surface area contributed by atoms with E-state index in [1.54, 1.807) is 24.5 Å². The van der Waals surface area contributed by atoms with Crippen LogP contribution in [0.1, 0.15) is 33.0 Å². The summed E-state index contributed by atoms with van der Waals surface area (Å²) < 4.78 is 5.08. The highest BCUT2D eigenvalue weighted by Crippen LogP contribution is 2.29. The number of amides is 1. The van der Waals surface area contributed by atoms with Gasteiger partial charge in [-0.1, -0.05) is 0 Å². The van der Waals surface area contributed by atoms with E-state index in [0.717, 1.165) is 12.8 Å². The van der Waals surface area contributed by atoms with Gasteiger partial charge in [-0.2, -0.15) is 0 Å². The molecule has 2 aromatic heterocycles. The number of aryl methyl sites for hydroxylation is 2. The quantitative estimate of drug-likeness (QED) is 0.881. The third-order valence-corrected chi connectivity index (χ3v) is 4.71. The summed E-state index contributed by atoms with van der Waals surface area (Å²) in [6.07, 6.45) is 7.58. The Balaban J connectivity index is 1.53. The van der Waals surface area contributed by atoms with Crippen LogP contribution in [0.15, 0.2) is 30.6 Å². The first-order valence-corrected chi connectivity index (χ1v) is 8.02. The molecule has 2 aromatic rings. The maximum Gasteiger partial charge on any atom is 0.348 e. The zero-order chi connectivity index (χ0) is 15.4. The maximum atomic E-state index is 12.0. The molecule has 6 heteroatoms. The molecule has 0 atom stereocenters. The third-order valence-electron chi connectivity index (χ3n) is 3.50. The van der Waals surface area contributed by atoms with Crippen LogP contribution in [-0.2, 0) is 22.4 Å². The Bertz CT molecular complexity index is 658. The number of ether oxygens (including phenoxy) is 1. The molecule has 0 unspecified atom stereocenters. The van der Waals surface area contributed by atoms with Crippen LogP contribution < -0.4 is 5.32 Å². The van der Waals surface area contributed by atoms with E-state index in [2.05, 4.69) is 10.3 Å². The molecule has 0 aliphatic heterocycles. The van der Waals surface area contributed by atoms with Crippen LogP contribution in [-0.4, -0.2) is 23.5 Å². The largest absolute Gasteiger partial charge is 0.451 e. The summed E-state index contributed by atoms with van der Waals surface area (Å²) in [5.41, 5.74) is 1.88. The van der Waals surface area contributed by atoms with Crippen molar-refractivity contribution in [2.45, 2.75) is 25.7 Å². The van der Waals surface area contributed by atoms with Gasteiger partial charge in [-0.3, -0.25) is 9.78 Å². The van der Waals surface area contributed by atoms with E-state index in [-0.39, 0.29) is 12.5 Å². The van der Waals surface area contributed by atoms with Gasteiger partial charge in [0.15, 0.2) is 6.61 Å². The second-order valence-corrected chi connectivity index (χ2v) is 6.26. The van der Waals surface area contributed by atoms with Crippen molar-refractivity contribution in [2.75, 3.05) is 11.9 Å². The lowest BCUT2D eigenvalue weighted by molar-refractivity contribution is -0.119. The van der Waals surface area contributed by atoms with Gasteiger partial charge in [0, 0.05) is 23.0 Å². The molecule has 0 saturated carbocycles. The van der Waals surface area contributed by atoms with Crippen molar-refractivity contribution in [3.8, 4) is 0 Å². The molecule has 5 nitrogen and oxygen atoms in total. The third kappa shape index (κ3) is 3.51. The number of carbonyl (C=O) groups is 2. The smallest absolute Gasteiger partial charge is 0.348 e. The minimum Gasteiger partial charge on any atom is -0.451 e. The fraction of sp³-hybridized carbons (Fsp3) is 0.312. The summed E-state index contributed by atoms with van der Waals surface area (Å²) in [6.45, 7) is -0.288. The van der Waals surface area contributed by atoms with E-state index in [9.17, 15) is 9.59 Å². The van der Waals surface area contributed by atoms with Crippen LogP contribution in [0.3, 0.4) is 0 Å². The molecule has 0 saturated heterocycles. The van der Waals surface area contributed by atoms with Crippen molar-refractivity contribution in [3.05, 3.63) is 45.9 Å². The summed E-state index contributed by atoms with van der Waals surface area (Å²) in [5.74, 6) is -0.787. The number of hydrogen-bond acceptors (Lipinski definition) is 5. The highest BCUT2D eigenvalue weighted by molar-refractivity contribution is 7.14. The normalized spacial score (nSPS) is 13.3. The van der Waals surface area contributed by atoms with Crippen molar-refractivity contribution < 1.29 is 14.3 Å². The van der Waals surface area contributed by atoms with Gasteiger partial charge in [-0.15, -0.1) is 11.3 Å². The standard InChI is InChI=1S/C16H16N2O3S/c19-15(18-12-5-7-17-8-6-12)10-21-16(20)14-9-11-3-1-2-4-13(11)22-14/h5-9H,1-4,10H2,(H,17,18,19). The molecule has 1 N–H and O–H groups in total. The lowest BCUT2D eigenvalue weighted by Gasteiger charge is -2.08. The van der Waals surface area contributed by atoms with Crippen molar-refractivity contribution in [1.29, 1.82) is 0 Å². The van der Waals surface area contributed by atoms with E-state index >= 15 is 0 Å². The number of thiophene rings is 1. The number of fused-ring (bicyclic) bond motifs is 1. The topological polar surface area (TPSA) is 68.3 Å². The number of rotatable bonds is 4. The van der Waals surface area contributed by atoms with Gasteiger partial charge >= 0.3 is 5.97 Å². The summed E-state index contributed by atoms with van der Waals surface area (Å²) in [7, 11) is 0. The first kappa shape index (κ1) is 14.7. The number of hydrogen-bond donors (Lipinski definition) is 1. The van der Waals surface area contributed by atoms with Crippen LogP contribution in [0.5, 0.6) is 0 Å². The number of nitrogens with one attached hydrogen (secondary N) is 1. The highest BCUT2D eigenvalue weighted by Gasteiger charge is 2.18. The summed E-state index contributed by atoms with van der Waals surface area (Å²) in [6, 6.07) is 5.25. The van der Waals surface area contributed by atoms with Gasteiger partial charge in [-0.25, -0.2) is 4.79 Å². The lowest BCUT2D eigenvalue weighted by Crippen LogP contribution is -2.20. The van der Waals surface area contributed by atoms with Gasteiger partial charge in [-0.05, 0) is 49.4 Å². The van der Waals surface area contributed by atoms with Crippen LogP contribution in [0.2, 0.25) is 0 Å². The minimum absolute atomic E-state index is 0.288.